The van der Waals surface area contributed by atoms with Crippen LogP contribution < -0.4 is 14.9 Å². The summed E-state index contributed by atoms with van der Waals surface area (Å²) in [6.45, 7) is 0.773. The van der Waals surface area contributed by atoms with Crippen LogP contribution in [-0.4, -0.2) is 13.3 Å². The number of hydrazone groups is 1. The summed E-state index contributed by atoms with van der Waals surface area (Å²) in [6.07, 6.45) is 1.69. The van der Waals surface area contributed by atoms with Crippen molar-refractivity contribution in [1.29, 1.82) is 0 Å². The van der Waals surface area contributed by atoms with Crippen molar-refractivity contribution < 1.29 is 9.47 Å². The number of halogens is 3. The molecule has 3 rings (SSSR count). The number of nitrogens with zero attached hydrogens (tertiary/aromatic N) is 1. The van der Waals surface area contributed by atoms with Gasteiger partial charge < -0.3 is 14.9 Å². The third kappa shape index (κ3) is 5.80. The van der Waals surface area contributed by atoms with Crippen LogP contribution in [0.2, 0.25) is 15.1 Å². The molecule has 3 aromatic carbocycles. The Kier molecular flexibility index (Phi) is 7.64. The van der Waals surface area contributed by atoms with E-state index in [0.717, 1.165) is 16.7 Å². The van der Waals surface area contributed by atoms with Crippen LogP contribution >= 0.6 is 34.8 Å². The van der Waals surface area contributed by atoms with E-state index >= 15 is 0 Å². The van der Waals surface area contributed by atoms with Gasteiger partial charge in [0.2, 0.25) is 0 Å². The Hall–Kier alpha value is -2.40. The standard InChI is InChI=1S/C22H19Cl3N2O2/c1-28-22-11-15(12-26-27-13-17-19(24)7-4-8-20(17)25)9-10-21(22)29-14-16-5-2-3-6-18(16)23/h2-12,27H,13-14H2,1H3/b26-12+. The van der Waals surface area contributed by atoms with Crippen molar-refractivity contribution in [3.63, 3.8) is 0 Å². The monoisotopic (exact) mass is 448 g/mol. The van der Waals surface area contributed by atoms with Crippen LogP contribution in [0.5, 0.6) is 11.5 Å². The molecule has 0 saturated carbocycles. The lowest BCUT2D eigenvalue weighted by Gasteiger charge is -2.12. The van der Waals surface area contributed by atoms with Gasteiger partial charge >= 0.3 is 0 Å². The predicted octanol–water partition coefficient (Wildman–Crippen LogP) is 6.36. The molecule has 7 heteroatoms. The summed E-state index contributed by atoms with van der Waals surface area (Å²) in [4.78, 5) is 0. The van der Waals surface area contributed by atoms with Crippen molar-refractivity contribution in [2.24, 2.45) is 5.10 Å². The number of hydrogen-bond donors (Lipinski definition) is 1. The Morgan fingerprint density at radius 3 is 2.34 bits per heavy atom. The number of ether oxygens (including phenoxy) is 2. The van der Waals surface area contributed by atoms with E-state index in [0.29, 0.717) is 39.7 Å². The zero-order valence-corrected chi connectivity index (χ0v) is 17.9. The summed E-state index contributed by atoms with van der Waals surface area (Å²) in [5.74, 6) is 1.23. The molecule has 0 bridgehead atoms. The second-order valence-electron chi connectivity index (χ2n) is 6.08. The molecule has 3 aromatic rings. The zero-order chi connectivity index (χ0) is 20.6. The second kappa shape index (κ2) is 10.4. The van der Waals surface area contributed by atoms with E-state index in [9.17, 15) is 0 Å². The van der Waals surface area contributed by atoms with Crippen molar-refractivity contribution in [3.8, 4) is 11.5 Å². The molecule has 0 fully saturated rings. The second-order valence-corrected chi connectivity index (χ2v) is 7.31. The highest BCUT2D eigenvalue weighted by Gasteiger charge is 2.07. The number of rotatable bonds is 8. The largest absolute Gasteiger partial charge is 0.493 e. The van der Waals surface area contributed by atoms with Crippen molar-refractivity contribution in [1.82, 2.24) is 5.43 Å². The van der Waals surface area contributed by atoms with Crippen LogP contribution in [0.1, 0.15) is 16.7 Å². The summed E-state index contributed by atoms with van der Waals surface area (Å²) in [5, 5.41) is 6.09. The molecule has 0 unspecified atom stereocenters. The molecule has 0 amide bonds. The predicted molar refractivity (Wildman–Crippen MR) is 120 cm³/mol. The lowest BCUT2D eigenvalue weighted by molar-refractivity contribution is 0.284. The molecule has 0 aliphatic carbocycles. The minimum absolute atomic E-state index is 0.351. The average Bonchev–Trinajstić information content (AvgIpc) is 2.72. The number of benzene rings is 3. The first-order chi connectivity index (χ1) is 14.1. The molecule has 29 heavy (non-hydrogen) atoms. The van der Waals surface area contributed by atoms with Gasteiger partial charge in [-0.1, -0.05) is 59.1 Å². The van der Waals surface area contributed by atoms with E-state index in [4.69, 9.17) is 44.3 Å². The van der Waals surface area contributed by atoms with E-state index in [2.05, 4.69) is 10.5 Å². The van der Waals surface area contributed by atoms with Crippen molar-refractivity contribution in [3.05, 3.63) is 92.4 Å². The lowest BCUT2D eigenvalue weighted by atomic mass is 10.2. The fraction of sp³-hybridized carbons (Fsp3) is 0.136. The molecule has 0 aliphatic rings. The topological polar surface area (TPSA) is 42.8 Å². The van der Waals surface area contributed by atoms with Gasteiger partial charge in [-0.25, -0.2) is 0 Å². The highest BCUT2D eigenvalue weighted by atomic mass is 35.5. The minimum atomic E-state index is 0.351. The molecule has 0 aromatic heterocycles. The van der Waals surface area contributed by atoms with Crippen LogP contribution in [-0.2, 0) is 13.2 Å². The molecule has 0 aliphatic heterocycles. The lowest BCUT2D eigenvalue weighted by Crippen LogP contribution is -2.06. The van der Waals surface area contributed by atoms with Gasteiger partial charge in [-0.15, -0.1) is 0 Å². The Morgan fingerprint density at radius 2 is 1.62 bits per heavy atom. The van der Waals surface area contributed by atoms with Gasteiger partial charge in [-0.3, -0.25) is 0 Å². The van der Waals surface area contributed by atoms with Crippen LogP contribution in [0, 0.1) is 0 Å². The van der Waals surface area contributed by atoms with Gasteiger partial charge in [-0.05, 0) is 42.0 Å². The van der Waals surface area contributed by atoms with Gasteiger partial charge in [-0.2, -0.15) is 5.10 Å². The quantitative estimate of drug-likeness (QED) is 0.321. The fourth-order valence-corrected chi connectivity index (χ4v) is 3.32. The smallest absolute Gasteiger partial charge is 0.161 e. The Morgan fingerprint density at radius 1 is 0.897 bits per heavy atom. The van der Waals surface area contributed by atoms with Gasteiger partial charge in [0.15, 0.2) is 11.5 Å². The first-order valence-corrected chi connectivity index (χ1v) is 9.95. The Labute approximate surface area is 185 Å². The fourth-order valence-electron chi connectivity index (χ4n) is 2.60. The van der Waals surface area contributed by atoms with Gasteiger partial charge in [0, 0.05) is 26.2 Å². The minimum Gasteiger partial charge on any atom is -0.493 e. The van der Waals surface area contributed by atoms with Crippen molar-refractivity contribution in [2.75, 3.05) is 7.11 Å². The first-order valence-electron chi connectivity index (χ1n) is 8.81. The summed E-state index contributed by atoms with van der Waals surface area (Å²) >= 11 is 18.5. The third-order valence-corrected chi connectivity index (χ3v) is 5.23. The summed E-state index contributed by atoms with van der Waals surface area (Å²) < 4.78 is 11.3. The number of hydrogen-bond acceptors (Lipinski definition) is 4. The Bertz CT molecular complexity index is 989. The molecular formula is C22H19Cl3N2O2. The Balaban J connectivity index is 1.62. The van der Waals surface area contributed by atoms with Crippen LogP contribution in [0.25, 0.3) is 0 Å². The van der Waals surface area contributed by atoms with Gasteiger partial charge in [0.25, 0.3) is 0 Å². The van der Waals surface area contributed by atoms with Crippen LogP contribution in [0.15, 0.2) is 65.8 Å². The van der Waals surface area contributed by atoms with Crippen molar-refractivity contribution >= 4 is 41.0 Å². The third-order valence-electron chi connectivity index (χ3n) is 4.15. The molecule has 4 nitrogen and oxygen atoms in total. The number of methoxy groups -OCH3 is 1. The van der Waals surface area contributed by atoms with E-state index in [-0.39, 0.29) is 0 Å². The molecule has 0 spiro atoms. The van der Waals surface area contributed by atoms with Gasteiger partial charge in [0.1, 0.15) is 6.61 Å². The van der Waals surface area contributed by atoms with Crippen LogP contribution in [0.4, 0.5) is 0 Å². The normalized spacial score (nSPS) is 10.9. The SMILES string of the molecule is COc1cc(/C=N/NCc2c(Cl)cccc2Cl)ccc1OCc1ccccc1Cl. The van der Waals surface area contributed by atoms with Crippen LogP contribution in [0.3, 0.4) is 0 Å². The molecule has 0 heterocycles. The van der Waals surface area contributed by atoms with E-state index in [1.165, 1.54) is 0 Å². The molecule has 0 saturated heterocycles. The molecule has 0 atom stereocenters. The maximum absolute atomic E-state index is 6.17. The average molecular weight is 450 g/mol. The maximum Gasteiger partial charge on any atom is 0.161 e. The molecular weight excluding hydrogens is 431 g/mol. The van der Waals surface area contributed by atoms with E-state index < -0.39 is 0 Å². The zero-order valence-electron chi connectivity index (χ0n) is 15.7. The highest BCUT2D eigenvalue weighted by Crippen LogP contribution is 2.29. The highest BCUT2D eigenvalue weighted by molar-refractivity contribution is 6.36. The van der Waals surface area contributed by atoms with Crippen molar-refractivity contribution in [2.45, 2.75) is 13.2 Å². The van der Waals surface area contributed by atoms with E-state index in [1.54, 1.807) is 31.5 Å². The van der Waals surface area contributed by atoms with Gasteiger partial charge in [0.05, 0.1) is 19.9 Å². The summed E-state index contributed by atoms with van der Waals surface area (Å²) in [6, 6.07) is 18.5. The summed E-state index contributed by atoms with van der Waals surface area (Å²) in [5.41, 5.74) is 5.51. The first kappa shape index (κ1) is 21.3. The number of nitrogens with one attached hydrogen (secondary N) is 1. The molecule has 1 N–H and O–H groups in total. The summed E-state index contributed by atoms with van der Waals surface area (Å²) in [7, 11) is 1.59. The maximum atomic E-state index is 6.17. The molecule has 0 radical (unpaired) electrons. The molecule has 150 valence electrons. The van der Waals surface area contributed by atoms with E-state index in [1.807, 2.05) is 42.5 Å².